The van der Waals surface area contributed by atoms with E-state index in [9.17, 15) is 34.8 Å². The molecule has 0 aliphatic heterocycles. The summed E-state index contributed by atoms with van der Waals surface area (Å²) in [5, 5.41) is 0. The van der Waals surface area contributed by atoms with Crippen LogP contribution in [0.15, 0.2) is 11.0 Å². The van der Waals surface area contributed by atoms with Crippen LogP contribution in [-0.4, -0.2) is 19.8 Å². The number of nitrogens with two attached hydrogens (primary N) is 1. The van der Waals surface area contributed by atoms with Gasteiger partial charge < -0.3 is 10.5 Å². The van der Waals surface area contributed by atoms with Crippen molar-refractivity contribution in [2.24, 2.45) is 5.73 Å². The molecular formula is C8H5ClF6N2O3S. The van der Waals surface area contributed by atoms with Crippen molar-refractivity contribution < 1.29 is 39.5 Å². The number of rotatable bonds is 3. The third kappa shape index (κ3) is 4.61. The maximum Gasteiger partial charge on any atom is 0.574 e. The summed E-state index contributed by atoms with van der Waals surface area (Å²) in [4.78, 5) is 1.35. The number of aromatic nitrogens is 1. The lowest BCUT2D eigenvalue weighted by Crippen LogP contribution is -2.22. The largest absolute Gasteiger partial charge is 0.574 e. The molecule has 0 spiro atoms. The second-order valence-electron chi connectivity index (χ2n) is 3.47. The molecule has 1 aromatic heterocycles. The van der Waals surface area contributed by atoms with Crippen LogP contribution in [0.25, 0.3) is 0 Å². The Labute approximate surface area is 118 Å². The van der Waals surface area contributed by atoms with Crippen LogP contribution in [0.2, 0.25) is 0 Å². The van der Waals surface area contributed by atoms with E-state index >= 15 is 0 Å². The number of ether oxygens (including phenoxy) is 1. The van der Waals surface area contributed by atoms with Crippen molar-refractivity contribution in [3.63, 3.8) is 0 Å². The molecular weight excluding hydrogens is 354 g/mol. The number of hydrogen-bond donors (Lipinski definition) is 1. The second kappa shape index (κ2) is 5.50. The van der Waals surface area contributed by atoms with E-state index in [1.807, 2.05) is 0 Å². The third-order valence-electron chi connectivity index (χ3n) is 2.02. The van der Waals surface area contributed by atoms with Crippen LogP contribution in [0.3, 0.4) is 0 Å². The van der Waals surface area contributed by atoms with Crippen molar-refractivity contribution in [2.75, 3.05) is 0 Å². The Kier molecular flexibility index (Phi) is 4.65. The predicted molar refractivity (Wildman–Crippen MR) is 56.9 cm³/mol. The quantitative estimate of drug-likeness (QED) is 0.662. The summed E-state index contributed by atoms with van der Waals surface area (Å²) in [5.74, 6) is -1.62. The van der Waals surface area contributed by atoms with Crippen LogP contribution < -0.4 is 10.5 Å². The van der Waals surface area contributed by atoms with Gasteiger partial charge in [0.1, 0.15) is 0 Å². The normalized spacial score (nSPS) is 13.3. The zero-order chi connectivity index (χ0) is 16.6. The highest BCUT2D eigenvalue weighted by Crippen LogP contribution is 2.37. The molecule has 0 aromatic carbocycles. The lowest BCUT2D eigenvalue weighted by molar-refractivity contribution is -0.276. The van der Waals surface area contributed by atoms with E-state index in [1.54, 1.807) is 0 Å². The fourth-order valence-corrected chi connectivity index (χ4v) is 2.47. The summed E-state index contributed by atoms with van der Waals surface area (Å²) in [5.41, 5.74) is 2.01. The maximum atomic E-state index is 12.7. The average molecular weight is 359 g/mol. The zero-order valence-electron chi connectivity index (χ0n) is 9.59. The molecule has 0 aliphatic carbocycles. The first-order valence-electron chi connectivity index (χ1n) is 4.77. The Morgan fingerprint density at radius 1 is 1.24 bits per heavy atom. The molecule has 0 saturated heterocycles. The Hall–Kier alpha value is -1.27. The minimum absolute atomic E-state index is 0.118. The number of nitrogens with zero attached hydrogens (tertiary/aromatic N) is 1. The molecule has 0 amide bonds. The van der Waals surface area contributed by atoms with Crippen LogP contribution in [0.1, 0.15) is 11.3 Å². The molecule has 5 nitrogen and oxygen atoms in total. The SMILES string of the molecule is NCc1c(S(=O)(=O)Cl)cc(OC(F)(F)F)nc1C(F)(F)F. The first-order chi connectivity index (χ1) is 9.25. The van der Waals surface area contributed by atoms with Gasteiger partial charge in [-0.25, -0.2) is 13.4 Å². The summed E-state index contributed by atoms with van der Waals surface area (Å²) in [6.07, 6.45) is -10.6. The van der Waals surface area contributed by atoms with E-state index in [2.05, 4.69) is 9.72 Å². The molecule has 0 saturated carbocycles. The van der Waals surface area contributed by atoms with Crippen LogP contribution >= 0.6 is 10.7 Å². The van der Waals surface area contributed by atoms with Gasteiger partial charge in [-0.1, -0.05) is 0 Å². The highest BCUT2D eigenvalue weighted by atomic mass is 35.7. The average Bonchev–Trinajstić information content (AvgIpc) is 2.23. The molecule has 21 heavy (non-hydrogen) atoms. The van der Waals surface area contributed by atoms with Crippen LogP contribution in [-0.2, 0) is 21.8 Å². The third-order valence-corrected chi connectivity index (χ3v) is 3.40. The van der Waals surface area contributed by atoms with Gasteiger partial charge in [-0.15, -0.1) is 13.2 Å². The van der Waals surface area contributed by atoms with Crippen LogP contribution in [0.5, 0.6) is 5.88 Å². The molecule has 0 fully saturated rings. The minimum Gasteiger partial charge on any atom is -0.388 e. The van der Waals surface area contributed by atoms with Crippen LogP contribution in [0, 0.1) is 0 Å². The predicted octanol–water partition coefficient (Wildman–Crippen LogP) is 2.39. The molecule has 1 heterocycles. The van der Waals surface area contributed by atoms with Crippen molar-refractivity contribution in [3.05, 3.63) is 17.3 Å². The van der Waals surface area contributed by atoms with Crippen molar-refractivity contribution in [2.45, 2.75) is 24.0 Å². The van der Waals surface area contributed by atoms with Gasteiger partial charge in [-0.3, -0.25) is 0 Å². The molecule has 120 valence electrons. The lowest BCUT2D eigenvalue weighted by Gasteiger charge is -2.16. The monoisotopic (exact) mass is 358 g/mol. The summed E-state index contributed by atoms with van der Waals surface area (Å²) in [6.45, 7) is -0.963. The topological polar surface area (TPSA) is 82.3 Å². The fourth-order valence-electron chi connectivity index (χ4n) is 1.35. The summed E-state index contributed by atoms with van der Waals surface area (Å²) in [7, 11) is 0.0909. The van der Waals surface area contributed by atoms with Gasteiger partial charge >= 0.3 is 12.5 Å². The molecule has 2 N–H and O–H groups in total. The van der Waals surface area contributed by atoms with Crippen LogP contribution in [0.4, 0.5) is 26.3 Å². The Morgan fingerprint density at radius 3 is 2.10 bits per heavy atom. The second-order valence-corrected chi connectivity index (χ2v) is 6.01. The molecule has 0 aliphatic rings. The number of alkyl halides is 6. The zero-order valence-corrected chi connectivity index (χ0v) is 11.2. The fraction of sp³-hybridized carbons (Fsp3) is 0.375. The molecule has 0 radical (unpaired) electrons. The molecule has 0 unspecified atom stereocenters. The Bertz CT molecular complexity index is 643. The van der Waals surface area contributed by atoms with Crippen molar-refractivity contribution in [1.29, 1.82) is 0 Å². The van der Waals surface area contributed by atoms with E-state index in [0.29, 0.717) is 0 Å². The summed E-state index contributed by atoms with van der Waals surface area (Å²) in [6, 6.07) is 0.118. The first kappa shape index (κ1) is 17.8. The molecule has 0 bridgehead atoms. The van der Waals surface area contributed by atoms with Gasteiger partial charge in [-0.2, -0.15) is 13.2 Å². The van der Waals surface area contributed by atoms with Crippen molar-refractivity contribution in [3.8, 4) is 5.88 Å². The molecule has 1 rings (SSSR count). The van der Waals surface area contributed by atoms with Gasteiger partial charge in [0.2, 0.25) is 5.88 Å². The first-order valence-corrected chi connectivity index (χ1v) is 7.08. The Balaban J connectivity index is 3.67. The van der Waals surface area contributed by atoms with Crippen molar-refractivity contribution in [1.82, 2.24) is 4.98 Å². The van der Waals surface area contributed by atoms with Gasteiger partial charge in [0.05, 0.1) is 4.90 Å². The van der Waals surface area contributed by atoms with E-state index in [4.69, 9.17) is 16.4 Å². The van der Waals surface area contributed by atoms with Gasteiger partial charge in [0.15, 0.2) is 5.69 Å². The standard InChI is InChI=1S/C8H5ClF6N2O3S/c9-21(18,19)4-1-5(20-8(13,14)15)17-6(3(4)2-16)7(10,11)12/h1H,2,16H2. The minimum atomic E-state index is -5.37. The highest BCUT2D eigenvalue weighted by Gasteiger charge is 2.40. The Morgan fingerprint density at radius 2 is 1.76 bits per heavy atom. The summed E-state index contributed by atoms with van der Waals surface area (Å²) >= 11 is 0. The van der Waals surface area contributed by atoms with E-state index in [1.165, 1.54) is 0 Å². The maximum absolute atomic E-state index is 12.7. The molecule has 0 atom stereocenters. The van der Waals surface area contributed by atoms with Gasteiger partial charge in [-0.05, 0) is 0 Å². The molecule has 1 aromatic rings. The number of halogens is 7. The van der Waals surface area contributed by atoms with Gasteiger partial charge in [0.25, 0.3) is 9.05 Å². The number of hydrogen-bond acceptors (Lipinski definition) is 5. The smallest absolute Gasteiger partial charge is 0.388 e. The van der Waals surface area contributed by atoms with Gasteiger partial charge in [0, 0.05) is 28.9 Å². The van der Waals surface area contributed by atoms with Crippen molar-refractivity contribution >= 4 is 19.7 Å². The van der Waals surface area contributed by atoms with E-state index in [-0.39, 0.29) is 6.07 Å². The lowest BCUT2D eigenvalue weighted by atomic mass is 10.2. The summed E-state index contributed by atoms with van der Waals surface area (Å²) < 4.78 is 99.8. The number of pyridine rings is 1. The highest BCUT2D eigenvalue weighted by molar-refractivity contribution is 8.13. The molecule has 13 heteroatoms. The van der Waals surface area contributed by atoms with E-state index < -0.39 is 50.2 Å². The van der Waals surface area contributed by atoms with E-state index in [0.717, 1.165) is 0 Å².